The van der Waals surface area contributed by atoms with Crippen LogP contribution in [0.25, 0.3) is 0 Å². The lowest BCUT2D eigenvalue weighted by atomic mass is 10.1. The highest BCUT2D eigenvalue weighted by Gasteiger charge is 2.04. The van der Waals surface area contributed by atoms with Crippen LogP contribution in [-0.4, -0.2) is 29.5 Å². The molecule has 126 valence electrons. The van der Waals surface area contributed by atoms with Gasteiger partial charge in [0.25, 0.3) is 5.91 Å². The van der Waals surface area contributed by atoms with E-state index in [0.29, 0.717) is 30.6 Å². The first-order valence-electron chi connectivity index (χ1n) is 7.43. The molecule has 0 aliphatic heterocycles. The highest BCUT2D eigenvalue weighted by Crippen LogP contribution is 2.12. The SMILES string of the molecule is NC(N)=Nc1ccc(C(=O)NCCCCCCC(=O)NO)cc1. The number of unbranched alkanes of at least 4 members (excludes halogenated alkanes) is 3. The summed E-state index contributed by atoms with van der Waals surface area (Å²) in [5, 5.41) is 11.2. The molecule has 0 unspecified atom stereocenters. The normalized spacial score (nSPS) is 9.96. The number of rotatable bonds is 9. The molecule has 23 heavy (non-hydrogen) atoms. The Balaban J connectivity index is 2.21. The minimum absolute atomic E-state index is 0.0290. The van der Waals surface area contributed by atoms with Gasteiger partial charge in [-0.15, -0.1) is 0 Å². The molecular formula is C15H23N5O3. The highest BCUT2D eigenvalue weighted by molar-refractivity contribution is 5.94. The smallest absolute Gasteiger partial charge is 0.251 e. The average molecular weight is 321 g/mol. The van der Waals surface area contributed by atoms with Crippen LogP contribution in [0.1, 0.15) is 42.5 Å². The lowest BCUT2D eigenvalue weighted by molar-refractivity contribution is -0.129. The number of carbonyl (C=O) groups excluding carboxylic acids is 2. The van der Waals surface area contributed by atoms with Crippen LogP contribution in [-0.2, 0) is 4.79 Å². The molecule has 0 aromatic heterocycles. The third kappa shape index (κ3) is 7.82. The molecule has 0 saturated carbocycles. The zero-order valence-electron chi connectivity index (χ0n) is 12.9. The molecule has 0 spiro atoms. The second-order valence-corrected chi connectivity index (χ2v) is 5.04. The van der Waals surface area contributed by atoms with Crippen molar-refractivity contribution in [2.45, 2.75) is 32.1 Å². The van der Waals surface area contributed by atoms with Gasteiger partial charge in [0.05, 0.1) is 5.69 Å². The Labute approximate surface area is 134 Å². The average Bonchev–Trinajstić information content (AvgIpc) is 2.53. The van der Waals surface area contributed by atoms with E-state index in [4.69, 9.17) is 16.7 Å². The van der Waals surface area contributed by atoms with Gasteiger partial charge in [0, 0.05) is 18.5 Å². The summed E-state index contributed by atoms with van der Waals surface area (Å²) < 4.78 is 0. The van der Waals surface area contributed by atoms with E-state index in [1.165, 1.54) is 0 Å². The van der Waals surface area contributed by atoms with E-state index in [1.807, 2.05) is 0 Å². The van der Waals surface area contributed by atoms with Crippen molar-refractivity contribution in [3.63, 3.8) is 0 Å². The standard InChI is InChI=1S/C15H23N5O3/c16-15(17)19-12-8-6-11(7-9-12)14(22)18-10-4-2-1-3-5-13(21)20-23/h6-9,23H,1-5,10H2,(H,18,22)(H,20,21)(H4,16,17,19). The van der Waals surface area contributed by atoms with E-state index in [1.54, 1.807) is 29.7 Å². The van der Waals surface area contributed by atoms with Crippen molar-refractivity contribution in [3.8, 4) is 0 Å². The first-order chi connectivity index (χ1) is 11.0. The van der Waals surface area contributed by atoms with Gasteiger partial charge < -0.3 is 16.8 Å². The zero-order chi connectivity index (χ0) is 17.1. The molecule has 1 aromatic carbocycles. The van der Waals surface area contributed by atoms with Gasteiger partial charge in [-0.3, -0.25) is 14.8 Å². The second-order valence-electron chi connectivity index (χ2n) is 5.04. The third-order valence-electron chi connectivity index (χ3n) is 3.13. The molecule has 8 heteroatoms. The first-order valence-corrected chi connectivity index (χ1v) is 7.43. The largest absolute Gasteiger partial charge is 0.370 e. The van der Waals surface area contributed by atoms with Crippen LogP contribution in [0, 0.1) is 0 Å². The molecule has 0 atom stereocenters. The summed E-state index contributed by atoms with van der Waals surface area (Å²) in [4.78, 5) is 26.6. The Morgan fingerprint density at radius 2 is 1.70 bits per heavy atom. The van der Waals surface area contributed by atoms with Gasteiger partial charge in [0.2, 0.25) is 5.91 Å². The summed E-state index contributed by atoms with van der Waals surface area (Å²) in [6.07, 6.45) is 3.63. The van der Waals surface area contributed by atoms with Crippen molar-refractivity contribution in [1.29, 1.82) is 0 Å². The molecule has 0 bridgehead atoms. The number of hydrogen-bond donors (Lipinski definition) is 5. The van der Waals surface area contributed by atoms with Crippen molar-refractivity contribution in [2.75, 3.05) is 6.54 Å². The van der Waals surface area contributed by atoms with E-state index in [2.05, 4.69) is 10.3 Å². The zero-order valence-corrected chi connectivity index (χ0v) is 12.9. The second kappa shape index (κ2) is 10.2. The number of nitrogens with two attached hydrogens (primary N) is 2. The summed E-state index contributed by atoms with van der Waals surface area (Å²) in [7, 11) is 0. The molecule has 8 nitrogen and oxygen atoms in total. The lowest BCUT2D eigenvalue weighted by Crippen LogP contribution is -2.24. The Morgan fingerprint density at radius 3 is 2.30 bits per heavy atom. The van der Waals surface area contributed by atoms with Crippen LogP contribution in [0.4, 0.5) is 5.69 Å². The van der Waals surface area contributed by atoms with Crippen molar-refractivity contribution >= 4 is 23.5 Å². The van der Waals surface area contributed by atoms with Gasteiger partial charge in [-0.05, 0) is 37.1 Å². The lowest BCUT2D eigenvalue weighted by Gasteiger charge is -2.05. The number of hydrogen-bond acceptors (Lipinski definition) is 4. The molecular weight excluding hydrogens is 298 g/mol. The number of nitrogens with one attached hydrogen (secondary N) is 2. The van der Waals surface area contributed by atoms with Crippen LogP contribution in [0.3, 0.4) is 0 Å². The van der Waals surface area contributed by atoms with Crippen LogP contribution < -0.4 is 22.3 Å². The number of hydroxylamine groups is 1. The van der Waals surface area contributed by atoms with Gasteiger partial charge in [-0.2, -0.15) is 0 Å². The molecule has 0 saturated heterocycles. The fraction of sp³-hybridized carbons (Fsp3) is 0.400. The topological polar surface area (TPSA) is 143 Å². The van der Waals surface area contributed by atoms with Gasteiger partial charge in [0.15, 0.2) is 5.96 Å². The number of benzene rings is 1. The van der Waals surface area contributed by atoms with Crippen LogP contribution in [0.2, 0.25) is 0 Å². The Kier molecular flexibility index (Phi) is 8.16. The fourth-order valence-electron chi connectivity index (χ4n) is 1.96. The maximum atomic E-state index is 11.9. The molecule has 0 radical (unpaired) electrons. The predicted octanol–water partition coefficient (Wildman–Crippen LogP) is 0.777. The monoisotopic (exact) mass is 321 g/mol. The molecule has 0 heterocycles. The summed E-state index contributed by atoms with van der Waals surface area (Å²) in [6.45, 7) is 0.570. The van der Waals surface area contributed by atoms with Crippen molar-refractivity contribution in [3.05, 3.63) is 29.8 Å². The molecule has 1 aromatic rings. The van der Waals surface area contributed by atoms with Crippen LogP contribution in [0.15, 0.2) is 29.3 Å². The first kappa shape index (κ1) is 18.4. The summed E-state index contributed by atoms with van der Waals surface area (Å²) in [6, 6.07) is 6.65. The van der Waals surface area contributed by atoms with E-state index < -0.39 is 0 Å². The van der Waals surface area contributed by atoms with Crippen LogP contribution in [0.5, 0.6) is 0 Å². The summed E-state index contributed by atoms with van der Waals surface area (Å²) >= 11 is 0. The van der Waals surface area contributed by atoms with Crippen molar-refractivity contribution in [1.82, 2.24) is 10.8 Å². The number of guanidine groups is 1. The van der Waals surface area contributed by atoms with Gasteiger partial charge >= 0.3 is 0 Å². The van der Waals surface area contributed by atoms with Gasteiger partial charge in [-0.25, -0.2) is 10.5 Å². The van der Waals surface area contributed by atoms with E-state index in [9.17, 15) is 9.59 Å². The Morgan fingerprint density at radius 1 is 1.04 bits per heavy atom. The number of aliphatic imine (C=N–C) groups is 1. The van der Waals surface area contributed by atoms with E-state index in [-0.39, 0.29) is 17.8 Å². The molecule has 1 rings (SSSR count). The quantitative estimate of drug-likeness (QED) is 0.150. The number of carbonyl (C=O) groups is 2. The van der Waals surface area contributed by atoms with E-state index in [0.717, 1.165) is 19.3 Å². The summed E-state index contributed by atoms with van der Waals surface area (Å²) in [5.74, 6) is -0.554. The van der Waals surface area contributed by atoms with E-state index >= 15 is 0 Å². The molecule has 7 N–H and O–H groups in total. The highest BCUT2D eigenvalue weighted by atomic mass is 16.5. The minimum atomic E-state index is -0.373. The molecule has 0 aliphatic rings. The fourth-order valence-corrected chi connectivity index (χ4v) is 1.96. The third-order valence-corrected chi connectivity index (χ3v) is 3.13. The van der Waals surface area contributed by atoms with Gasteiger partial charge in [-0.1, -0.05) is 12.8 Å². The Hall–Kier alpha value is -2.61. The molecule has 0 fully saturated rings. The molecule has 2 amide bonds. The predicted molar refractivity (Wildman–Crippen MR) is 87.3 cm³/mol. The maximum Gasteiger partial charge on any atom is 0.251 e. The van der Waals surface area contributed by atoms with Crippen molar-refractivity contribution in [2.24, 2.45) is 16.5 Å². The molecule has 0 aliphatic carbocycles. The van der Waals surface area contributed by atoms with Crippen LogP contribution >= 0.6 is 0 Å². The minimum Gasteiger partial charge on any atom is -0.370 e. The maximum absolute atomic E-state index is 11.9. The van der Waals surface area contributed by atoms with Gasteiger partial charge in [0.1, 0.15) is 0 Å². The number of amides is 2. The number of nitrogens with zero attached hydrogens (tertiary/aromatic N) is 1. The van der Waals surface area contributed by atoms with Crippen molar-refractivity contribution < 1.29 is 14.8 Å². The summed E-state index contributed by atoms with van der Waals surface area (Å²) in [5.41, 5.74) is 13.3. The Bertz CT molecular complexity index is 539.